The van der Waals surface area contributed by atoms with E-state index in [1.807, 2.05) is 0 Å². The zero-order chi connectivity index (χ0) is 13.9. The number of methoxy groups -OCH3 is 1. The van der Waals surface area contributed by atoms with Gasteiger partial charge in [0.15, 0.2) is 5.75 Å². The van der Waals surface area contributed by atoms with E-state index < -0.39 is 28.4 Å². The highest BCUT2D eigenvalue weighted by molar-refractivity contribution is 9.10. The van der Waals surface area contributed by atoms with Crippen molar-refractivity contribution in [1.29, 1.82) is 0 Å². The maximum Gasteiger partial charge on any atom is 0.312 e. The van der Waals surface area contributed by atoms with Gasteiger partial charge in [-0.2, -0.15) is 0 Å². The molecule has 3 N–H and O–H groups in total. The Morgan fingerprint density at radius 1 is 1.63 bits per heavy atom. The van der Waals surface area contributed by atoms with Crippen molar-refractivity contribution in [2.45, 2.75) is 12.5 Å². The summed E-state index contributed by atoms with van der Waals surface area (Å²) in [6.45, 7) is 0. The number of carbonyl (C=O) groups is 1. The zero-order valence-electron chi connectivity index (χ0n) is 9.83. The van der Waals surface area contributed by atoms with Crippen LogP contribution in [0.25, 0.3) is 0 Å². The first-order valence-electron chi connectivity index (χ1n) is 4.86. The molecule has 7 nitrogen and oxygen atoms in total. The second-order valence-corrected chi connectivity index (χ2v) is 4.42. The number of nitro benzene ring substituents is 1. The van der Waals surface area contributed by atoms with Crippen molar-refractivity contribution in [3.63, 3.8) is 0 Å². The molecule has 0 unspecified atom stereocenters. The second-order valence-electron chi connectivity index (χ2n) is 3.51. The quantitative estimate of drug-likeness (QED) is 0.485. The van der Waals surface area contributed by atoms with E-state index >= 15 is 0 Å². The topological polar surface area (TPSA) is 116 Å². The Hall–Kier alpha value is -1.38. The maximum absolute atomic E-state index is 11.1. The minimum absolute atomic E-state index is 0. The molecule has 9 heteroatoms. The predicted molar refractivity (Wildman–Crippen MR) is 73.3 cm³/mol. The van der Waals surface area contributed by atoms with E-state index in [2.05, 4.69) is 20.7 Å². The highest BCUT2D eigenvalue weighted by Crippen LogP contribution is 2.36. The Kier molecular flexibility index (Phi) is 6.74. The molecule has 0 aliphatic heterocycles. The molecule has 1 atom stereocenters. The molecule has 106 valence electrons. The Labute approximate surface area is 123 Å². The van der Waals surface area contributed by atoms with Crippen LogP contribution >= 0.6 is 28.3 Å². The van der Waals surface area contributed by atoms with Crippen molar-refractivity contribution >= 4 is 40.0 Å². The number of ether oxygens (including phenoxy) is 1. The lowest BCUT2D eigenvalue weighted by molar-refractivity contribution is -0.386. The molecule has 0 bridgehead atoms. The van der Waals surface area contributed by atoms with Crippen LogP contribution in [-0.4, -0.2) is 23.1 Å². The number of nitrogens with zero attached hydrogens (tertiary/aromatic N) is 1. The molecule has 0 spiro atoms. The monoisotopic (exact) mass is 354 g/mol. The van der Waals surface area contributed by atoms with E-state index in [1.165, 1.54) is 13.2 Å². The van der Waals surface area contributed by atoms with E-state index in [0.29, 0.717) is 4.47 Å². The van der Waals surface area contributed by atoms with E-state index in [-0.39, 0.29) is 24.4 Å². The molecule has 1 rings (SSSR count). The van der Waals surface area contributed by atoms with Gasteiger partial charge < -0.3 is 15.6 Å². The van der Waals surface area contributed by atoms with Crippen LogP contribution in [0.4, 0.5) is 5.69 Å². The number of rotatable bonds is 4. The molecular weight excluding hydrogens is 343 g/mol. The standard InChI is InChI=1S/C10H11BrN2O5.ClH/c1-18-9(14)4-7(12)6-2-5(11)3-8(10(6)15)13(16)17;/h2-3,7,15H,4,12H2,1H3;1H/t7-;/m0./s1. The molecule has 0 amide bonds. The average molecular weight is 356 g/mol. The number of hydrogen-bond acceptors (Lipinski definition) is 6. The number of phenolic OH excluding ortho intramolecular Hbond substituents is 1. The number of halogens is 2. The van der Waals surface area contributed by atoms with Crippen LogP contribution in [0.2, 0.25) is 0 Å². The first kappa shape index (κ1) is 17.6. The molecule has 0 aliphatic carbocycles. The van der Waals surface area contributed by atoms with Crippen molar-refractivity contribution in [1.82, 2.24) is 0 Å². The number of benzene rings is 1. The summed E-state index contributed by atoms with van der Waals surface area (Å²) in [4.78, 5) is 21.1. The summed E-state index contributed by atoms with van der Waals surface area (Å²) in [5, 5.41) is 20.5. The van der Waals surface area contributed by atoms with Crippen LogP contribution in [0.5, 0.6) is 5.75 Å². The van der Waals surface area contributed by atoms with Crippen molar-refractivity contribution < 1.29 is 19.6 Å². The first-order valence-corrected chi connectivity index (χ1v) is 5.65. The van der Waals surface area contributed by atoms with E-state index in [1.54, 1.807) is 0 Å². The fraction of sp³-hybridized carbons (Fsp3) is 0.300. The van der Waals surface area contributed by atoms with Gasteiger partial charge in [0.05, 0.1) is 18.5 Å². The van der Waals surface area contributed by atoms with Crippen LogP contribution in [0.1, 0.15) is 18.0 Å². The van der Waals surface area contributed by atoms with Crippen LogP contribution < -0.4 is 5.73 Å². The molecule has 0 saturated heterocycles. The summed E-state index contributed by atoms with van der Waals surface area (Å²) < 4.78 is 4.84. The van der Waals surface area contributed by atoms with Crippen molar-refractivity contribution in [2.75, 3.05) is 7.11 Å². The maximum atomic E-state index is 11.1. The number of phenols is 1. The molecule has 0 fully saturated rings. The molecule has 1 aromatic rings. The van der Waals surface area contributed by atoms with Crippen molar-refractivity contribution in [3.8, 4) is 5.75 Å². The zero-order valence-corrected chi connectivity index (χ0v) is 12.2. The molecule has 0 heterocycles. The van der Waals surface area contributed by atoms with Crippen LogP contribution in [0.3, 0.4) is 0 Å². The number of aromatic hydroxyl groups is 1. The number of carbonyl (C=O) groups excluding carboxylic acids is 1. The van der Waals surface area contributed by atoms with E-state index in [9.17, 15) is 20.0 Å². The summed E-state index contributed by atoms with van der Waals surface area (Å²) in [5.41, 5.74) is 5.35. The van der Waals surface area contributed by atoms with Gasteiger partial charge in [-0.1, -0.05) is 15.9 Å². The molecule has 0 saturated carbocycles. The van der Waals surface area contributed by atoms with Crippen LogP contribution in [-0.2, 0) is 9.53 Å². The molecule has 0 aliphatic rings. The summed E-state index contributed by atoms with van der Waals surface area (Å²) in [7, 11) is 1.21. The molecule has 1 aromatic carbocycles. The Morgan fingerprint density at radius 3 is 2.68 bits per heavy atom. The highest BCUT2D eigenvalue weighted by atomic mass is 79.9. The third kappa shape index (κ3) is 4.34. The van der Waals surface area contributed by atoms with Crippen molar-refractivity contribution in [2.24, 2.45) is 5.73 Å². The van der Waals surface area contributed by atoms with Gasteiger partial charge in [0.25, 0.3) is 0 Å². The van der Waals surface area contributed by atoms with E-state index in [0.717, 1.165) is 6.07 Å². The largest absolute Gasteiger partial charge is 0.502 e. The fourth-order valence-corrected chi connectivity index (χ4v) is 1.86. The summed E-state index contributed by atoms with van der Waals surface area (Å²) in [5.74, 6) is -1.11. The van der Waals surface area contributed by atoms with Gasteiger partial charge in [-0.05, 0) is 6.07 Å². The molecular formula is C10H12BrClN2O5. The molecule has 19 heavy (non-hydrogen) atoms. The Morgan fingerprint density at radius 2 is 2.21 bits per heavy atom. The fourth-order valence-electron chi connectivity index (χ4n) is 1.40. The summed E-state index contributed by atoms with van der Waals surface area (Å²) in [6.07, 6.45) is -0.183. The van der Waals surface area contributed by atoms with Crippen LogP contribution in [0, 0.1) is 10.1 Å². The minimum atomic E-state index is -0.881. The number of nitro groups is 1. The first-order chi connectivity index (χ1) is 8.36. The highest BCUT2D eigenvalue weighted by Gasteiger charge is 2.23. The van der Waals surface area contributed by atoms with Gasteiger partial charge in [0.1, 0.15) is 0 Å². The average Bonchev–Trinajstić information content (AvgIpc) is 2.30. The second kappa shape index (κ2) is 7.27. The number of nitrogens with two attached hydrogens (primary N) is 1. The van der Waals surface area contributed by atoms with Crippen LogP contribution in [0.15, 0.2) is 16.6 Å². The van der Waals surface area contributed by atoms with Gasteiger partial charge in [-0.3, -0.25) is 14.9 Å². The molecule has 0 radical (unpaired) electrons. The SMILES string of the molecule is COC(=O)C[C@H](N)c1cc(Br)cc([N+](=O)[O-])c1O.Cl. The van der Waals surface area contributed by atoms with Gasteiger partial charge in [0.2, 0.25) is 0 Å². The minimum Gasteiger partial charge on any atom is -0.502 e. The van der Waals surface area contributed by atoms with Crippen molar-refractivity contribution in [3.05, 3.63) is 32.3 Å². The van der Waals surface area contributed by atoms with Gasteiger partial charge >= 0.3 is 11.7 Å². The number of esters is 1. The van der Waals surface area contributed by atoms with Gasteiger partial charge in [-0.25, -0.2) is 0 Å². The lowest BCUT2D eigenvalue weighted by Gasteiger charge is -2.12. The third-order valence-electron chi connectivity index (χ3n) is 2.29. The normalized spacial score (nSPS) is 11.3. The van der Waals surface area contributed by atoms with E-state index in [4.69, 9.17) is 5.73 Å². The van der Waals surface area contributed by atoms with Gasteiger partial charge in [-0.15, -0.1) is 12.4 Å². The summed E-state index contributed by atoms with van der Waals surface area (Å²) in [6, 6.07) is 1.70. The third-order valence-corrected chi connectivity index (χ3v) is 2.75. The Bertz CT molecular complexity index is 497. The molecule has 0 aromatic heterocycles. The summed E-state index contributed by atoms with van der Waals surface area (Å²) >= 11 is 3.08. The Balaban J connectivity index is 0.00000324. The smallest absolute Gasteiger partial charge is 0.312 e. The van der Waals surface area contributed by atoms with Gasteiger partial charge in [0, 0.05) is 22.1 Å². The lowest BCUT2D eigenvalue weighted by Crippen LogP contribution is -2.16. The predicted octanol–water partition coefficient (Wildman–Crippen LogP) is 2.05. The number of hydrogen-bond donors (Lipinski definition) is 2. The lowest BCUT2D eigenvalue weighted by atomic mass is 10.0.